The molecule has 3 heteroatoms. The van der Waals surface area contributed by atoms with Gasteiger partial charge in [0.2, 0.25) is 0 Å². The van der Waals surface area contributed by atoms with Gasteiger partial charge in [-0.05, 0) is 43.9 Å². The molecule has 2 unspecified atom stereocenters. The van der Waals surface area contributed by atoms with Crippen molar-refractivity contribution in [1.82, 2.24) is 0 Å². The Morgan fingerprint density at radius 2 is 1.76 bits per heavy atom. The van der Waals surface area contributed by atoms with Crippen LogP contribution >= 0.6 is 0 Å². The van der Waals surface area contributed by atoms with E-state index < -0.39 is 6.10 Å². The molecule has 96 valence electrons. The standard InChI is InChI=1S/C14H23NO2/c1-9-5-10(2)14(11(3)6-9)13(16)7-12(15)8-17-4/h5-6,12-13,16H,7-8,15H2,1-4H3. The van der Waals surface area contributed by atoms with Crippen molar-refractivity contribution in [3.8, 4) is 0 Å². The summed E-state index contributed by atoms with van der Waals surface area (Å²) in [6.45, 7) is 6.59. The highest BCUT2D eigenvalue weighted by Gasteiger charge is 2.17. The Bertz CT molecular complexity index is 353. The van der Waals surface area contributed by atoms with Crippen LogP contribution in [0.3, 0.4) is 0 Å². The summed E-state index contributed by atoms with van der Waals surface area (Å²) < 4.78 is 4.98. The first-order chi connectivity index (χ1) is 7.95. The monoisotopic (exact) mass is 237 g/mol. The van der Waals surface area contributed by atoms with E-state index in [9.17, 15) is 5.11 Å². The average molecular weight is 237 g/mol. The molecule has 2 atom stereocenters. The van der Waals surface area contributed by atoms with Gasteiger partial charge in [0.15, 0.2) is 0 Å². The third-order valence-corrected chi connectivity index (χ3v) is 2.98. The van der Waals surface area contributed by atoms with Crippen LogP contribution in [0, 0.1) is 20.8 Å². The smallest absolute Gasteiger partial charge is 0.0810 e. The van der Waals surface area contributed by atoms with Crippen molar-refractivity contribution < 1.29 is 9.84 Å². The highest BCUT2D eigenvalue weighted by atomic mass is 16.5. The summed E-state index contributed by atoms with van der Waals surface area (Å²) in [5, 5.41) is 10.2. The summed E-state index contributed by atoms with van der Waals surface area (Å²) in [6.07, 6.45) is 0.0132. The SMILES string of the molecule is COCC(N)CC(O)c1c(C)cc(C)cc1C. The fraction of sp³-hybridized carbons (Fsp3) is 0.571. The van der Waals surface area contributed by atoms with Gasteiger partial charge in [-0.3, -0.25) is 0 Å². The van der Waals surface area contributed by atoms with Crippen LogP contribution in [0.1, 0.15) is 34.8 Å². The molecule has 0 saturated heterocycles. The lowest BCUT2D eigenvalue weighted by Crippen LogP contribution is -2.28. The molecule has 0 spiro atoms. The summed E-state index contributed by atoms with van der Waals surface area (Å²) in [5.41, 5.74) is 10.3. The van der Waals surface area contributed by atoms with Gasteiger partial charge in [-0.15, -0.1) is 0 Å². The third kappa shape index (κ3) is 3.80. The fourth-order valence-electron chi connectivity index (χ4n) is 2.40. The molecule has 0 saturated carbocycles. The first-order valence-electron chi connectivity index (χ1n) is 5.96. The number of hydrogen-bond acceptors (Lipinski definition) is 3. The number of aryl methyl sites for hydroxylation is 3. The van der Waals surface area contributed by atoms with Crippen molar-refractivity contribution in [3.63, 3.8) is 0 Å². The third-order valence-electron chi connectivity index (χ3n) is 2.98. The van der Waals surface area contributed by atoms with Gasteiger partial charge in [0.25, 0.3) is 0 Å². The van der Waals surface area contributed by atoms with Crippen LogP contribution in [0.5, 0.6) is 0 Å². The van der Waals surface area contributed by atoms with E-state index in [1.807, 2.05) is 13.8 Å². The van der Waals surface area contributed by atoms with E-state index in [4.69, 9.17) is 10.5 Å². The normalized spacial score (nSPS) is 14.7. The molecule has 0 heterocycles. The molecule has 17 heavy (non-hydrogen) atoms. The molecule has 0 amide bonds. The Hall–Kier alpha value is -0.900. The Kier molecular flexibility index (Phi) is 5.12. The maximum absolute atomic E-state index is 10.2. The summed E-state index contributed by atoms with van der Waals surface area (Å²) in [6, 6.07) is 4.05. The molecule has 1 rings (SSSR count). The largest absolute Gasteiger partial charge is 0.388 e. The van der Waals surface area contributed by atoms with Gasteiger partial charge in [0, 0.05) is 13.2 Å². The number of methoxy groups -OCH3 is 1. The predicted molar refractivity (Wildman–Crippen MR) is 70.1 cm³/mol. The fourth-order valence-corrected chi connectivity index (χ4v) is 2.40. The molecular weight excluding hydrogens is 214 g/mol. The minimum Gasteiger partial charge on any atom is -0.388 e. The van der Waals surface area contributed by atoms with E-state index in [2.05, 4.69) is 19.1 Å². The maximum Gasteiger partial charge on any atom is 0.0810 e. The minimum atomic E-state index is -0.513. The van der Waals surface area contributed by atoms with Crippen molar-refractivity contribution in [2.45, 2.75) is 39.3 Å². The number of ether oxygens (including phenoxy) is 1. The molecule has 0 bridgehead atoms. The van der Waals surface area contributed by atoms with Crippen molar-refractivity contribution in [2.24, 2.45) is 5.73 Å². The van der Waals surface area contributed by atoms with Crippen LogP contribution in [0.2, 0.25) is 0 Å². The molecule has 1 aromatic rings. The van der Waals surface area contributed by atoms with Gasteiger partial charge in [0.1, 0.15) is 0 Å². The van der Waals surface area contributed by atoms with E-state index in [-0.39, 0.29) is 6.04 Å². The highest BCUT2D eigenvalue weighted by molar-refractivity contribution is 5.38. The molecule has 3 N–H and O–H groups in total. The number of rotatable bonds is 5. The van der Waals surface area contributed by atoms with Gasteiger partial charge in [-0.25, -0.2) is 0 Å². The van der Waals surface area contributed by atoms with Crippen LogP contribution in [0.4, 0.5) is 0 Å². The predicted octanol–water partition coefficient (Wildman–Crippen LogP) is 2.01. The second-order valence-electron chi connectivity index (χ2n) is 4.78. The van der Waals surface area contributed by atoms with Gasteiger partial charge in [0.05, 0.1) is 12.7 Å². The molecule has 0 fully saturated rings. The Morgan fingerprint density at radius 1 is 1.24 bits per heavy atom. The number of hydrogen-bond donors (Lipinski definition) is 2. The van der Waals surface area contributed by atoms with Crippen LogP contribution in [-0.4, -0.2) is 24.9 Å². The van der Waals surface area contributed by atoms with Crippen LogP contribution in [0.15, 0.2) is 12.1 Å². The van der Waals surface area contributed by atoms with Gasteiger partial charge in [-0.2, -0.15) is 0 Å². The Labute approximate surface area is 104 Å². The van der Waals surface area contributed by atoms with Crippen LogP contribution in [0.25, 0.3) is 0 Å². The summed E-state index contributed by atoms with van der Waals surface area (Å²) in [4.78, 5) is 0. The lowest BCUT2D eigenvalue weighted by Gasteiger charge is -2.20. The summed E-state index contributed by atoms with van der Waals surface area (Å²) in [5.74, 6) is 0. The van der Waals surface area contributed by atoms with Gasteiger partial charge < -0.3 is 15.6 Å². The van der Waals surface area contributed by atoms with E-state index >= 15 is 0 Å². The van der Waals surface area contributed by atoms with E-state index in [0.29, 0.717) is 13.0 Å². The van der Waals surface area contributed by atoms with Crippen molar-refractivity contribution in [1.29, 1.82) is 0 Å². The first kappa shape index (κ1) is 14.2. The van der Waals surface area contributed by atoms with Gasteiger partial charge in [-0.1, -0.05) is 17.7 Å². The van der Waals surface area contributed by atoms with Crippen LogP contribution in [-0.2, 0) is 4.74 Å². The average Bonchev–Trinajstić information content (AvgIpc) is 2.15. The number of benzene rings is 1. The number of nitrogens with two attached hydrogens (primary N) is 1. The molecular formula is C14H23NO2. The van der Waals surface area contributed by atoms with Crippen molar-refractivity contribution in [3.05, 3.63) is 34.4 Å². The zero-order chi connectivity index (χ0) is 13.0. The Balaban J connectivity index is 2.85. The number of aliphatic hydroxyl groups excluding tert-OH is 1. The van der Waals surface area contributed by atoms with Crippen molar-refractivity contribution in [2.75, 3.05) is 13.7 Å². The zero-order valence-corrected chi connectivity index (χ0v) is 11.2. The topological polar surface area (TPSA) is 55.5 Å². The molecule has 0 aromatic heterocycles. The van der Waals surface area contributed by atoms with E-state index in [1.54, 1.807) is 7.11 Å². The van der Waals surface area contributed by atoms with Crippen molar-refractivity contribution >= 4 is 0 Å². The minimum absolute atomic E-state index is 0.130. The maximum atomic E-state index is 10.2. The molecule has 0 aliphatic rings. The summed E-state index contributed by atoms with van der Waals surface area (Å²) in [7, 11) is 1.62. The van der Waals surface area contributed by atoms with E-state index in [0.717, 1.165) is 16.7 Å². The first-order valence-corrected chi connectivity index (χ1v) is 5.96. The number of aliphatic hydroxyl groups is 1. The molecule has 0 aliphatic heterocycles. The molecule has 1 aromatic carbocycles. The van der Waals surface area contributed by atoms with Gasteiger partial charge >= 0.3 is 0 Å². The van der Waals surface area contributed by atoms with E-state index in [1.165, 1.54) is 5.56 Å². The lowest BCUT2D eigenvalue weighted by atomic mass is 9.92. The second kappa shape index (κ2) is 6.15. The Morgan fingerprint density at radius 3 is 2.24 bits per heavy atom. The lowest BCUT2D eigenvalue weighted by molar-refractivity contribution is 0.121. The second-order valence-corrected chi connectivity index (χ2v) is 4.78. The molecule has 3 nitrogen and oxygen atoms in total. The molecule has 0 radical (unpaired) electrons. The molecule has 0 aliphatic carbocycles. The zero-order valence-electron chi connectivity index (χ0n) is 11.2. The quantitative estimate of drug-likeness (QED) is 0.823. The summed E-state index contributed by atoms with van der Waals surface area (Å²) >= 11 is 0. The highest BCUT2D eigenvalue weighted by Crippen LogP contribution is 2.26. The van der Waals surface area contributed by atoms with Crippen LogP contribution < -0.4 is 5.73 Å².